The average molecular weight is 418 g/mol. The molecule has 5 heteroatoms. The van der Waals surface area contributed by atoms with Crippen molar-refractivity contribution < 1.29 is 19.4 Å². The second-order valence-corrected chi connectivity index (χ2v) is 10.2. The van der Waals surface area contributed by atoms with E-state index < -0.39 is 24.2 Å². The molecule has 5 aliphatic rings. The van der Waals surface area contributed by atoms with Gasteiger partial charge in [-0.05, 0) is 67.4 Å². The number of hydrogen-bond donors (Lipinski definition) is 2. The maximum absolute atomic E-state index is 13.0. The van der Waals surface area contributed by atoms with Crippen LogP contribution in [0.1, 0.15) is 55.8 Å². The van der Waals surface area contributed by atoms with Crippen LogP contribution >= 0.6 is 0 Å². The van der Waals surface area contributed by atoms with E-state index in [1.54, 1.807) is 0 Å². The number of alkyl carbamates (subject to hydrolysis) is 1. The van der Waals surface area contributed by atoms with E-state index in [1.807, 2.05) is 48.5 Å². The van der Waals surface area contributed by atoms with Crippen LogP contribution in [0, 0.1) is 23.2 Å². The molecule has 0 heterocycles. The largest absolute Gasteiger partial charge is 0.480 e. The zero-order valence-electron chi connectivity index (χ0n) is 17.4. The number of ether oxygens (including phenoxy) is 1. The predicted molar refractivity (Wildman–Crippen MR) is 115 cm³/mol. The van der Waals surface area contributed by atoms with Crippen LogP contribution < -0.4 is 5.32 Å². The van der Waals surface area contributed by atoms with Gasteiger partial charge in [-0.2, -0.15) is 0 Å². The molecule has 2 aromatic carbocycles. The Balaban J connectivity index is 1.26. The van der Waals surface area contributed by atoms with E-state index in [4.69, 9.17) is 4.74 Å². The molecule has 0 radical (unpaired) electrons. The molecule has 0 spiro atoms. The number of amides is 1. The third-order valence-electron chi connectivity index (χ3n) is 8.21. The van der Waals surface area contributed by atoms with Crippen molar-refractivity contribution >= 4 is 12.1 Å². The summed E-state index contributed by atoms with van der Waals surface area (Å²) in [5.74, 6) is 0.893. The fourth-order valence-corrected chi connectivity index (χ4v) is 7.50. The molecular formula is C26H27NO4. The van der Waals surface area contributed by atoms with Gasteiger partial charge in [0.15, 0.2) is 6.10 Å². The highest BCUT2D eigenvalue weighted by atomic mass is 16.6. The van der Waals surface area contributed by atoms with Gasteiger partial charge in [0.2, 0.25) is 0 Å². The molecule has 0 unspecified atom stereocenters. The maximum Gasteiger partial charge on any atom is 0.408 e. The maximum atomic E-state index is 13.0. The summed E-state index contributed by atoms with van der Waals surface area (Å²) in [7, 11) is 0. The first-order valence-corrected chi connectivity index (χ1v) is 11.4. The van der Waals surface area contributed by atoms with Crippen molar-refractivity contribution in [1.82, 2.24) is 5.32 Å². The minimum Gasteiger partial charge on any atom is -0.480 e. The molecule has 4 bridgehead atoms. The second-order valence-electron chi connectivity index (χ2n) is 10.2. The van der Waals surface area contributed by atoms with Gasteiger partial charge >= 0.3 is 12.1 Å². The molecule has 5 nitrogen and oxygen atoms in total. The first-order chi connectivity index (χ1) is 15.0. The molecule has 1 atom stereocenters. The number of hydrogen-bond acceptors (Lipinski definition) is 3. The van der Waals surface area contributed by atoms with Gasteiger partial charge in [-0.3, -0.25) is 0 Å². The molecule has 0 saturated heterocycles. The number of nitrogens with one attached hydrogen (secondary N) is 1. The third kappa shape index (κ3) is 2.97. The lowest BCUT2D eigenvalue weighted by molar-refractivity contribution is -0.151. The van der Waals surface area contributed by atoms with Crippen LogP contribution in [0.4, 0.5) is 4.79 Å². The number of aliphatic carboxylic acids is 1. The Labute approximate surface area is 181 Å². The molecule has 2 N–H and O–H groups in total. The SMILES string of the molecule is O=C(N[C@H](C(=O)O)C12CC3CC(CC(C3)C1)C2)OC1c2ccccc2-c2ccccc21. The highest BCUT2D eigenvalue weighted by molar-refractivity contribution is 5.83. The summed E-state index contributed by atoms with van der Waals surface area (Å²) in [6.45, 7) is 0. The Kier molecular flexibility index (Phi) is 4.17. The summed E-state index contributed by atoms with van der Waals surface area (Å²) < 4.78 is 5.89. The van der Waals surface area contributed by atoms with Crippen molar-refractivity contribution in [3.05, 3.63) is 59.7 Å². The monoisotopic (exact) mass is 417 g/mol. The second kappa shape index (κ2) is 6.84. The molecule has 2 aromatic rings. The smallest absolute Gasteiger partial charge is 0.408 e. The van der Waals surface area contributed by atoms with Crippen molar-refractivity contribution in [3.8, 4) is 11.1 Å². The number of carbonyl (C=O) groups excluding carboxylic acids is 1. The van der Waals surface area contributed by atoms with E-state index in [9.17, 15) is 14.7 Å². The Morgan fingerprint density at radius 2 is 1.35 bits per heavy atom. The number of carbonyl (C=O) groups is 2. The fourth-order valence-electron chi connectivity index (χ4n) is 7.50. The van der Waals surface area contributed by atoms with Gasteiger partial charge in [0.25, 0.3) is 0 Å². The summed E-state index contributed by atoms with van der Waals surface area (Å²) in [4.78, 5) is 25.3. The van der Waals surface area contributed by atoms with Gasteiger partial charge in [-0.1, -0.05) is 48.5 Å². The van der Waals surface area contributed by atoms with Gasteiger partial charge < -0.3 is 15.2 Å². The summed E-state index contributed by atoms with van der Waals surface area (Å²) in [5, 5.41) is 12.9. The van der Waals surface area contributed by atoms with Gasteiger partial charge in [-0.25, -0.2) is 9.59 Å². The fraction of sp³-hybridized carbons (Fsp3) is 0.462. The van der Waals surface area contributed by atoms with Crippen molar-refractivity contribution in [1.29, 1.82) is 0 Å². The molecule has 31 heavy (non-hydrogen) atoms. The molecule has 4 fully saturated rings. The lowest BCUT2D eigenvalue weighted by atomic mass is 9.47. The van der Waals surface area contributed by atoms with Crippen LogP contribution in [0.5, 0.6) is 0 Å². The Hall–Kier alpha value is -2.82. The van der Waals surface area contributed by atoms with Crippen molar-refractivity contribution in [2.75, 3.05) is 0 Å². The Bertz CT molecular complexity index is 980. The predicted octanol–water partition coefficient (Wildman–Crippen LogP) is 5.15. The number of carboxylic acids is 1. The standard InChI is InChI=1S/C26H27NO4/c28-24(29)23(26-12-15-9-16(13-26)11-17(10-15)14-26)27-25(30)31-22-20-7-3-1-5-18(20)19-6-2-4-8-21(19)22/h1-8,15-17,22-23H,9-14H2,(H,27,30)(H,28,29)/t15?,16?,17?,23-,26?/m1/s1. The van der Waals surface area contributed by atoms with Crippen LogP contribution in [0.15, 0.2) is 48.5 Å². The van der Waals surface area contributed by atoms with Gasteiger partial charge in [0.1, 0.15) is 6.04 Å². The molecule has 0 aromatic heterocycles. The molecular weight excluding hydrogens is 390 g/mol. The van der Waals surface area contributed by atoms with Crippen LogP contribution in [0.3, 0.4) is 0 Å². The first-order valence-electron chi connectivity index (χ1n) is 11.4. The minimum atomic E-state index is -0.939. The normalized spacial score (nSPS) is 31.0. The van der Waals surface area contributed by atoms with Gasteiger partial charge in [0.05, 0.1) is 0 Å². The first kappa shape index (κ1) is 18.9. The van der Waals surface area contributed by atoms with Crippen LogP contribution in [-0.2, 0) is 9.53 Å². The molecule has 160 valence electrons. The number of fused-ring (bicyclic) bond motifs is 3. The zero-order valence-corrected chi connectivity index (χ0v) is 17.4. The van der Waals surface area contributed by atoms with Gasteiger partial charge in [-0.15, -0.1) is 0 Å². The minimum absolute atomic E-state index is 0.328. The third-order valence-corrected chi connectivity index (χ3v) is 8.21. The van der Waals surface area contributed by atoms with Crippen molar-refractivity contribution in [2.24, 2.45) is 23.2 Å². The van der Waals surface area contributed by atoms with E-state index in [-0.39, 0.29) is 5.41 Å². The van der Waals surface area contributed by atoms with E-state index in [1.165, 1.54) is 19.3 Å². The molecule has 7 rings (SSSR count). The highest BCUT2D eigenvalue weighted by Crippen LogP contribution is 2.61. The summed E-state index contributed by atoms with van der Waals surface area (Å²) in [6.07, 6.45) is 5.25. The number of carboxylic acid groups (broad SMARTS) is 1. The lowest BCUT2D eigenvalue weighted by Gasteiger charge is -2.58. The number of rotatable bonds is 4. The molecule has 5 aliphatic carbocycles. The molecule has 0 aliphatic heterocycles. The Morgan fingerprint density at radius 1 is 0.871 bits per heavy atom. The number of benzene rings is 2. The van der Waals surface area contributed by atoms with Crippen molar-refractivity contribution in [2.45, 2.75) is 50.7 Å². The van der Waals surface area contributed by atoms with Gasteiger partial charge in [0, 0.05) is 16.5 Å². The Morgan fingerprint density at radius 3 is 1.84 bits per heavy atom. The van der Waals surface area contributed by atoms with Crippen LogP contribution in [0.2, 0.25) is 0 Å². The van der Waals surface area contributed by atoms with E-state index in [2.05, 4.69) is 5.32 Å². The quantitative estimate of drug-likeness (QED) is 0.721. The van der Waals surface area contributed by atoms with E-state index in [0.717, 1.165) is 41.5 Å². The summed E-state index contributed by atoms with van der Waals surface area (Å²) >= 11 is 0. The summed E-state index contributed by atoms with van der Waals surface area (Å²) in [5.41, 5.74) is 3.69. The topological polar surface area (TPSA) is 75.6 Å². The van der Waals surface area contributed by atoms with Crippen molar-refractivity contribution in [3.63, 3.8) is 0 Å². The van der Waals surface area contributed by atoms with E-state index >= 15 is 0 Å². The zero-order chi connectivity index (χ0) is 21.2. The van der Waals surface area contributed by atoms with Crippen LogP contribution in [-0.4, -0.2) is 23.2 Å². The molecule has 4 saturated carbocycles. The molecule has 1 amide bonds. The lowest BCUT2D eigenvalue weighted by Crippen LogP contribution is -2.59. The van der Waals surface area contributed by atoms with E-state index in [0.29, 0.717) is 17.8 Å². The average Bonchev–Trinajstić information content (AvgIpc) is 3.05. The highest BCUT2D eigenvalue weighted by Gasteiger charge is 2.56. The summed E-state index contributed by atoms with van der Waals surface area (Å²) in [6, 6.07) is 15.0. The van der Waals surface area contributed by atoms with Crippen LogP contribution in [0.25, 0.3) is 11.1 Å².